The first-order valence-corrected chi connectivity index (χ1v) is 10.1. The highest BCUT2D eigenvalue weighted by atomic mass is 31.0. The topological polar surface area (TPSA) is 51.0 Å². The first-order valence-electron chi connectivity index (χ1n) is 9.44. The van der Waals surface area contributed by atoms with Crippen LogP contribution < -0.4 is 0 Å². The van der Waals surface area contributed by atoms with E-state index in [1.165, 1.54) is 4.90 Å². The molecule has 1 aromatic heterocycles. The summed E-state index contributed by atoms with van der Waals surface area (Å²) in [5.41, 5.74) is 0.157. The van der Waals surface area contributed by atoms with Gasteiger partial charge in [0.25, 0.3) is 0 Å². The molecule has 5 nitrogen and oxygen atoms in total. The first kappa shape index (κ1) is 21.8. The molecule has 0 radical (unpaired) electrons. The molecule has 1 aliphatic carbocycles. The molecule has 1 aromatic carbocycles. The number of fused-ring (bicyclic) bond motifs is 1. The fourth-order valence-electron chi connectivity index (χ4n) is 4.02. The Morgan fingerprint density at radius 3 is 2.45 bits per heavy atom. The van der Waals surface area contributed by atoms with Gasteiger partial charge in [0.15, 0.2) is 17.5 Å². The van der Waals surface area contributed by atoms with Gasteiger partial charge in [0.2, 0.25) is 11.7 Å². The molecular weight excluding hydrogens is 445 g/mol. The van der Waals surface area contributed by atoms with Crippen LogP contribution in [0.3, 0.4) is 0 Å². The molecule has 0 N–H and O–H groups in total. The maximum absolute atomic E-state index is 14.2. The fraction of sp³-hybridized carbons (Fsp3) is 0.421. The molecule has 3 atom stereocenters. The molecular formula is C19H17F6N4OP. The first-order chi connectivity index (χ1) is 14.6. The minimum atomic E-state index is -4.62. The third kappa shape index (κ3) is 4.07. The quantitative estimate of drug-likeness (QED) is 0.388. The molecule has 2 aliphatic rings. The molecule has 31 heavy (non-hydrogen) atoms. The van der Waals surface area contributed by atoms with Crippen molar-refractivity contribution in [1.29, 1.82) is 0 Å². The van der Waals surface area contributed by atoms with E-state index >= 15 is 0 Å². The molecule has 2 aromatic rings. The average molecular weight is 462 g/mol. The van der Waals surface area contributed by atoms with E-state index in [0.717, 1.165) is 10.6 Å². The summed E-state index contributed by atoms with van der Waals surface area (Å²) in [4.78, 5) is 14.3. The maximum atomic E-state index is 14.2. The van der Waals surface area contributed by atoms with E-state index in [9.17, 15) is 31.1 Å². The van der Waals surface area contributed by atoms with Gasteiger partial charge >= 0.3 is 6.18 Å². The number of alkyl halides is 3. The van der Waals surface area contributed by atoms with Gasteiger partial charge in [0.1, 0.15) is 5.82 Å². The largest absolute Gasteiger partial charge is 0.451 e. The minimum Gasteiger partial charge on any atom is -0.330 e. The van der Waals surface area contributed by atoms with E-state index in [4.69, 9.17) is 0 Å². The Hall–Kier alpha value is -2.42. The Kier molecular flexibility index (Phi) is 5.57. The molecule has 0 spiro atoms. The zero-order chi connectivity index (χ0) is 22.5. The van der Waals surface area contributed by atoms with Crippen LogP contribution in [-0.4, -0.2) is 37.8 Å². The van der Waals surface area contributed by atoms with Gasteiger partial charge < -0.3 is 9.47 Å². The zero-order valence-electron chi connectivity index (χ0n) is 16.0. The van der Waals surface area contributed by atoms with Crippen molar-refractivity contribution in [1.82, 2.24) is 19.7 Å². The number of aromatic nitrogens is 3. The smallest absolute Gasteiger partial charge is 0.330 e. The number of nitrogens with zero attached hydrogens (tertiary/aromatic N) is 4. The van der Waals surface area contributed by atoms with Gasteiger partial charge in [-0.2, -0.15) is 13.2 Å². The van der Waals surface area contributed by atoms with Gasteiger partial charge in [-0.3, -0.25) is 4.79 Å². The van der Waals surface area contributed by atoms with Gasteiger partial charge in [0.05, 0.1) is 6.54 Å². The van der Waals surface area contributed by atoms with Crippen molar-refractivity contribution in [3.05, 3.63) is 58.4 Å². The number of amides is 1. The van der Waals surface area contributed by atoms with Crippen molar-refractivity contribution in [2.24, 2.45) is 0 Å². The summed E-state index contributed by atoms with van der Waals surface area (Å²) in [7, 11) is 2.51. The van der Waals surface area contributed by atoms with Crippen LogP contribution in [0.5, 0.6) is 0 Å². The van der Waals surface area contributed by atoms with Gasteiger partial charge in [-0.25, -0.2) is 13.2 Å². The van der Waals surface area contributed by atoms with E-state index in [1.807, 2.05) is 0 Å². The van der Waals surface area contributed by atoms with Crippen LogP contribution >= 0.6 is 9.24 Å². The number of benzene rings is 1. The van der Waals surface area contributed by atoms with Crippen LogP contribution in [0, 0.1) is 17.5 Å². The third-order valence-electron chi connectivity index (χ3n) is 5.60. The Bertz CT molecular complexity index is 1070. The van der Waals surface area contributed by atoms with Crippen molar-refractivity contribution < 1.29 is 31.1 Å². The summed E-state index contributed by atoms with van der Waals surface area (Å²) in [6.45, 7) is -0.127. The summed E-state index contributed by atoms with van der Waals surface area (Å²) in [6.07, 6.45) is -2.53. The molecule has 12 heteroatoms. The van der Waals surface area contributed by atoms with Gasteiger partial charge in [-0.15, -0.1) is 19.4 Å². The van der Waals surface area contributed by atoms with Crippen LogP contribution in [0.2, 0.25) is 0 Å². The second kappa shape index (κ2) is 7.93. The Labute approximate surface area is 175 Å². The average Bonchev–Trinajstić information content (AvgIpc) is 3.14. The van der Waals surface area contributed by atoms with Crippen molar-refractivity contribution >= 4 is 15.1 Å². The molecule has 0 bridgehead atoms. The van der Waals surface area contributed by atoms with Crippen molar-refractivity contribution in [2.75, 3.05) is 6.54 Å². The van der Waals surface area contributed by atoms with Crippen molar-refractivity contribution in [3.63, 3.8) is 0 Å². The van der Waals surface area contributed by atoms with Gasteiger partial charge in [0, 0.05) is 24.7 Å². The molecule has 0 saturated carbocycles. The van der Waals surface area contributed by atoms with E-state index in [-0.39, 0.29) is 55.4 Å². The highest BCUT2D eigenvalue weighted by Gasteiger charge is 2.40. The number of halogens is 6. The van der Waals surface area contributed by atoms with Crippen LogP contribution in [0.25, 0.3) is 0 Å². The Balaban J connectivity index is 1.50. The van der Waals surface area contributed by atoms with E-state index < -0.39 is 35.4 Å². The zero-order valence-corrected chi connectivity index (χ0v) is 17.1. The second-order valence-corrected chi connectivity index (χ2v) is 8.40. The number of hydrogen-bond donors (Lipinski definition) is 0. The molecule has 0 saturated heterocycles. The highest BCUT2D eigenvalue weighted by Crippen LogP contribution is 2.39. The van der Waals surface area contributed by atoms with Crippen LogP contribution in [-0.2, 0) is 24.1 Å². The molecule has 2 heterocycles. The molecule has 0 fully saturated rings. The summed E-state index contributed by atoms with van der Waals surface area (Å²) in [5, 5.41) is 6.75. The molecule has 2 unspecified atom stereocenters. The molecule has 4 rings (SSSR count). The lowest BCUT2D eigenvalue weighted by Crippen LogP contribution is -2.41. The summed E-state index contributed by atoms with van der Waals surface area (Å²) < 4.78 is 80.8. The normalized spacial score (nSPS) is 21.6. The molecule has 1 aliphatic heterocycles. The Morgan fingerprint density at radius 2 is 1.77 bits per heavy atom. The number of carbonyl (C=O) groups excluding carboxylic acids is 1. The third-order valence-corrected chi connectivity index (χ3v) is 6.30. The number of allylic oxidation sites excluding steroid dienone is 1. The van der Waals surface area contributed by atoms with Crippen molar-refractivity contribution in [3.8, 4) is 0 Å². The second-order valence-electron chi connectivity index (χ2n) is 7.54. The lowest BCUT2D eigenvalue weighted by atomic mass is 9.83. The van der Waals surface area contributed by atoms with E-state index in [1.54, 1.807) is 6.08 Å². The summed E-state index contributed by atoms with van der Waals surface area (Å²) in [6, 6.07) is 1.34. The minimum absolute atomic E-state index is 0.0346. The number of rotatable bonds is 2. The van der Waals surface area contributed by atoms with E-state index in [2.05, 4.69) is 19.4 Å². The predicted molar refractivity (Wildman–Crippen MR) is 100 cm³/mol. The Morgan fingerprint density at radius 1 is 1.06 bits per heavy atom. The maximum Gasteiger partial charge on any atom is 0.451 e. The van der Waals surface area contributed by atoms with Gasteiger partial charge in [-0.1, -0.05) is 6.08 Å². The predicted octanol–water partition coefficient (Wildman–Crippen LogP) is 3.80. The summed E-state index contributed by atoms with van der Waals surface area (Å²) >= 11 is 0. The highest BCUT2D eigenvalue weighted by molar-refractivity contribution is 7.17. The standard InChI is InChI=1S/C19H17F6N4OP/c20-12-7-14(22)13(21)6-11(12)10-2-1-9(5-15(10)31)17(30)28-3-4-29-16(8-28)26-27-18(29)19(23,24)25/h1,6-7,10,15H,2-5,8,31H2/t10-,15?/m1/s1. The number of carbonyl (C=O) groups is 1. The molecule has 1 amide bonds. The van der Waals surface area contributed by atoms with Crippen LogP contribution in [0.1, 0.15) is 36.0 Å². The van der Waals surface area contributed by atoms with Crippen molar-refractivity contribution in [2.45, 2.75) is 43.7 Å². The van der Waals surface area contributed by atoms with E-state index in [0.29, 0.717) is 11.6 Å². The summed E-state index contributed by atoms with van der Waals surface area (Å²) in [5.74, 6) is -5.11. The SMILES string of the molecule is O=C(C1=CC[C@H](c2cc(F)c(F)cc2F)C(P)C1)N1CCn2c(nnc2C(F)(F)F)C1. The fourth-order valence-corrected chi connectivity index (χ4v) is 4.64. The number of hydrogen-bond acceptors (Lipinski definition) is 3. The monoisotopic (exact) mass is 462 g/mol. The molecule has 166 valence electrons. The lowest BCUT2D eigenvalue weighted by Gasteiger charge is -2.33. The lowest BCUT2D eigenvalue weighted by molar-refractivity contribution is -0.148. The van der Waals surface area contributed by atoms with Crippen LogP contribution in [0.15, 0.2) is 23.8 Å². The van der Waals surface area contributed by atoms with Gasteiger partial charge in [-0.05, 0) is 36.0 Å². The van der Waals surface area contributed by atoms with Crippen LogP contribution in [0.4, 0.5) is 26.3 Å².